The van der Waals surface area contributed by atoms with Crippen LogP contribution in [0.5, 0.6) is 0 Å². The van der Waals surface area contributed by atoms with Crippen molar-refractivity contribution in [1.29, 1.82) is 0 Å². The third-order valence-electron chi connectivity index (χ3n) is 2.61. The number of para-hydroxylation sites is 1. The van der Waals surface area contributed by atoms with Crippen molar-refractivity contribution >= 4 is 17.9 Å². The SMILES string of the molecule is Cc1nn(-c2c(F)cccc2Cl)c(C)c1C=O. The molecule has 0 aliphatic heterocycles. The zero-order valence-corrected chi connectivity index (χ0v) is 10.1. The molecule has 1 aromatic heterocycles. The Labute approximate surface area is 103 Å². The van der Waals surface area contributed by atoms with Crippen LogP contribution in [0, 0.1) is 19.7 Å². The zero-order chi connectivity index (χ0) is 12.6. The maximum atomic E-state index is 13.7. The Morgan fingerprint density at radius 2 is 2.12 bits per heavy atom. The molecule has 0 spiro atoms. The van der Waals surface area contributed by atoms with Gasteiger partial charge in [-0.1, -0.05) is 17.7 Å². The molecule has 1 aromatic carbocycles. The first-order valence-corrected chi connectivity index (χ1v) is 5.40. The van der Waals surface area contributed by atoms with Gasteiger partial charge in [-0.05, 0) is 26.0 Å². The Bertz CT molecular complexity index is 572. The molecule has 0 atom stereocenters. The van der Waals surface area contributed by atoms with E-state index in [-0.39, 0.29) is 10.7 Å². The smallest absolute Gasteiger partial charge is 0.153 e. The molecule has 0 saturated carbocycles. The number of carbonyl (C=O) groups excluding carboxylic acids is 1. The number of aldehydes is 1. The van der Waals surface area contributed by atoms with Gasteiger partial charge in [-0.25, -0.2) is 9.07 Å². The fraction of sp³-hybridized carbons (Fsp3) is 0.167. The highest BCUT2D eigenvalue weighted by molar-refractivity contribution is 6.32. The van der Waals surface area contributed by atoms with E-state index < -0.39 is 5.82 Å². The summed E-state index contributed by atoms with van der Waals surface area (Å²) in [7, 11) is 0. The van der Waals surface area contributed by atoms with Crippen LogP contribution in [0.15, 0.2) is 18.2 Å². The van der Waals surface area contributed by atoms with Gasteiger partial charge in [0.2, 0.25) is 0 Å². The summed E-state index contributed by atoms with van der Waals surface area (Å²) in [5, 5.41) is 4.39. The molecule has 0 aliphatic carbocycles. The van der Waals surface area contributed by atoms with Crippen LogP contribution in [0.25, 0.3) is 5.69 Å². The van der Waals surface area contributed by atoms with Crippen molar-refractivity contribution in [3.8, 4) is 5.69 Å². The lowest BCUT2D eigenvalue weighted by atomic mass is 10.2. The van der Waals surface area contributed by atoms with Crippen molar-refractivity contribution in [1.82, 2.24) is 9.78 Å². The molecule has 0 fully saturated rings. The summed E-state index contributed by atoms with van der Waals surface area (Å²) in [5.41, 5.74) is 1.76. The highest BCUT2D eigenvalue weighted by Gasteiger charge is 2.16. The molecule has 0 saturated heterocycles. The van der Waals surface area contributed by atoms with E-state index in [4.69, 9.17) is 11.6 Å². The Kier molecular flexibility index (Phi) is 2.98. The molecule has 2 aromatic rings. The van der Waals surface area contributed by atoms with Crippen molar-refractivity contribution in [2.24, 2.45) is 0 Å². The topological polar surface area (TPSA) is 34.9 Å². The van der Waals surface area contributed by atoms with E-state index in [1.807, 2.05) is 0 Å². The van der Waals surface area contributed by atoms with E-state index in [1.54, 1.807) is 19.9 Å². The van der Waals surface area contributed by atoms with Crippen LogP contribution >= 0.6 is 11.6 Å². The average molecular weight is 253 g/mol. The molecule has 0 aliphatic rings. The average Bonchev–Trinajstić information content (AvgIpc) is 2.54. The third-order valence-corrected chi connectivity index (χ3v) is 2.92. The van der Waals surface area contributed by atoms with E-state index in [1.165, 1.54) is 16.8 Å². The van der Waals surface area contributed by atoms with Crippen molar-refractivity contribution in [2.45, 2.75) is 13.8 Å². The fourth-order valence-electron chi connectivity index (χ4n) is 1.73. The number of nitrogens with zero attached hydrogens (tertiary/aromatic N) is 2. The van der Waals surface area contributed by atoms with Crippen LogP contribution in [0.4, 0.5) is 4.39 Å². The standard InChI is InChI=1S/C12H10ClFN2O/c1-7-9(6-17)8(2)16(15-7)12-10(13)4-3-5-11(12)14/h3-6H,1-2H3. The minimum atomic E-state index is -0.472. The second-order valence-corrected chi connectivity index (χ2v) is 4.09. The van der Waals surface area contributed by atoms with Gasteiger partial charge in [0.05, 0.1) is 22.0 Å². The van der Waals surface area contributed by atoms with E-state index in [9.17, 15) is 9.18 Å². The second kappa shape index (κ2) is 4.30. The summed E-state index contributed by atoms with van der Waals surface area (Å²) in [6.45, 7) is 3.40. The first-order chi connectivity index (χ1) is 8.06. The number of aryl methyl sites for hydroxylation is 1. The molecule has 3 nitrogen and oxygen atoms in total. The lowest BCUT2D eigenvalue weighted by Crippen LogP contribution is -2.03. The number of hydrogen-bond donors (Lipinski definition) is 0. The minimum Gasteiger partial charge on any atom is -0.298 e. The highest BCUT2D eigenvalue weighted by atomic mass is 35.5. The van der Waals surface area contributed by atoms with E-state index in [0.29, 0.717) is 23.2 Å². The van der Waals surface area contributed by atoms with Crippen molar-refractivity contribution < 1.29 is 9.18 Å². The van der Waals surface area contributed by atoms with Crippen LogP contribution in [0.2, 0.25) is 5.02 Å². The first-order valence-electron chi connectivity index (χ1n) is 5.02. The van der Waals surface area contributed by atoms with Gasteiger partial charge >= 0.3 is 0 Å². The predicted octanol–water partition coefficient (Wildman–Crippen LogP) is 3.09. The zero-order valence-electron chi connectivity index (χ0n) is 9.37. The molecule has 0 N–H and O–H groups in total. The van der Waals surface area contributed by atoms with Crippen molar-refractivity contribution in [2.75, 3.05) is 0 Å². The minimum absolute atomic E-state index is 0.169. The molecule has 0 bridgehead atoms. The Morgan fingerprint density at radius 1 is 1.41 bits per heavy atom. The summed E-state index contributed by atoms with van der Waals surface area (Å²) in [5.74, 6) is -0.472. The predicted molar refractivity (Wildman–Crippen MR) is 63.4 cm³/mol. The highest BCUT2D eigenvalue weighted by Crippen LogP contribution is 2.25. The number of carbonyl (C=O) groups is 1. The third kappa shape index (κ3) is 1.85. The van der Waals surface area contributed by atoms with Crippen LogP contribution < -0.4 is 0 Å². The maximum absolute atomic E-state index is 13.7. The molecular weight excluding hydrogens is 243 g/mol. The maximum Gasteiger partial charge on any atom is 0.153 e. The van der Waals surface area contributed by atoms with E-state index in [0.717, 1.165) is 0 Å². The molecule has 1 heterocycles. The van der Waals surface area contributed by atoms with Gasteiger partial charge < -0.3 is 0 Å². The molecule has 0 radical (unpaired) electrons. The molecular formula is C12H10ClFN2O. The number of benzene rings is 1. The summed E-state index contributed by atoms with van der Waals surface area (Å²) in [6.07, 6.45) is 0.711. The van der Waals surface area contributed by atoms with Gasteiger partial charge in [-0.3, -0.25) is 4.79 Å². The van der Waals surface area contributed by atoms with Gasteiger partial charge in [0.15, 0.2) is 6.29 Å². The molecule has 0 unspecified atom stereocenters. The molecule has 2 rings (SSSR count). The number of aromatic nitrogens is 2. The lowest BCUT2D eigenvalue weighted by molar-refractivity contribution is 0.112. The summed E-state index contributed by atoms with van der Waals surface area (Å²) < 4.78 is 15.1. The van der Waals surface area contributed by atoms with Crippen LogP contribution in [0.1, 0.15) is 21.7 Å². The normalized spacial score (nSPS) is 10.6. The molecule has 5 heteroatoms. The van der Waals surface area contributed by atoms with E-state index in [2.05, 4.69) is 5.10 Å². The summed E-state index contributed by atoms with van der Waals surface area (Å²) in [6, 6.07) is 4.41. The molecule has 17 heavy (non-hydrogen) atoms. The fourth-order valence-corrected chi connectivity index (χ4v) is 1.98. The second-order valence-electron chi connectivity index (χ2n) is 3.68. The van der Waals surface area contributed by atoms with Crippen LogP contribution in [0.3, 0.4) is 0 Å². The van der Waals surface area contributed by atoms with Gasteiger partial charge in [0, 0.05) is 0 Å². The van der Waals surface area contributed by atoms with Gasteiger partial charge in [0.25, 0.3) is 0 Å². The summed E-state index contributed by atoms with van der Waals surface area (Å²) >= 11 is 5.95. The van der Waals surface area contributed by atoms with Crippen molar-refractivity contribution in [3.63, 3.8) is 0 Å². The largest absolute Gasteiger partial charge is 0.298 e. The Balaban J connectivity index is 2.73. The number of halogens is 2. The monoisotopic (exact) mass is 252 g/mol. The Morgan fingerprint density at radius 3 is 2.65 bits per heavy atom. The first kappa shape index (κ1) is 11.8. The summed E-state index contributed by atoms with van der Waals surface area (Å²) in [4.78, 5) is 10.9. The quantitative estimate of drug-likeness (QED) is 0.770. The van der Waals surface area contributed by atoms with Gasteiger partial charge in [-0.15, -0.1) is 0 Å². The Hall–Kier alpha value is -1.68. The van der Waals surface area contributed by atoms with Crippen LogP contribution in [-0.2, 0) is 0 Å². The van der Waals surface area contributed by atoms with Crippen LogP contribution in [-0.4, -0.2) is 16.1 Å². The van der Waals surface area contributed by atoms with E-state index >= 15 is 0 Å². The number of hydrogen-bond acceptors (Lipinski definition) is 2. The lowest BCUT2D eigenvalue weighted by Gasteiger charge is -2.07. The molecule has 88 valence electrons. The van der Waals surface area contributed by atoms with Crippen molar-refractivity contribution in [3.05, 3.63) is 46.0 Å². The van der Waals surface area contributed by atoms with Gasteiger partial charge in [-0.2, -0.15) is 5.10 Å². The van der Waals surface area contributed by atoms with Gasteiger partial charge in [0.1, 0.15) is 11.5 Å². The molecule has 0 amide bonds. The number of rotatable bonds is 2.